The maximum Gasteiger partial charge on any atom is 0.183 e. The molecule has 2 aromatic carbocycles. The average Bonchev–Trinajstić information content (AvgIpc) is 3.05. The number of aromatic nitrogens is 4. The summed E-state index contributed by atoms with van der Waals surface area (Å²) < 4.78 is 1.54. The number of fused-ring (bicyclic) bond motifs is 1. The first-order valence-corrected chi connectivity index (χ1v) is 8.75. The van der Waals surface area contributed by atoms with Crippen LogP contribution in [0.25, 0.3) is 28.0 Å². The Morgan fingerprint density at radius 3 is 2.38 bits per heavy atom. The first-order valence-electron chi connectivity index (χ1n) is 8.00. The molecular weight excluding hydrogens is 371 g/mol. The fraction of sp³-hybridized carbons (Fsp3) is 0.105. The lowest BCUT2D eigenvalue weighted by molar-refractivity contribution is 0.186. The molecule has 0 saturated carbocycles. The molecule has 4 rings (SSSR count). The van der Waals surface area contributed by atoms with E-state index in [1.807, 2.05) is 54.6 Å². The van der Waals surface area contributed by atoms with E-state index in [4.69, 9.17) is 28.3 Å². The van der Waals surface area contributed by atoms with Crippen LogP contribution >= 0.6 is 23.2 Å². The summed E-state index contributed by atoms with van der Waals surface area (Å²) >= 11 is 12.4. The highest BCUT2D eigenvalue weighted by Gasteiger charge is 2.18. The van der Waals surface area contributed by atoms with Crippen molar-refractivity contribution in [1.82, 2.24) is 19.8 Å². The van der Waals surface area contributed by atoms with Crippen LogP contribution in [0.5, 0.6) is 0 Å². The molecule has 0 aliphatic rings. The Bertz CT molecular complexity index is 1090. The summed E-state index contributed by atoms with van der Waals surface area (Å²) in [7, 11) is 0. The van der Waals surface area contributed by atoms with Crippen molar-refractivity contribution in [1.29, 1.82) is 0 Å². The van der Waals surface area contributed by atoms with E-state index < -0.39 is 6.10 Å². The molecule has 0 bridgehead atoms. The molecule has 2 aromatic heterocycles. The molecule has 7 heteroatoms. The number of rotatable bonds is 3. The molecule has 1 N–H and O–H groups in total. The highest BCUT2D eigenvalue weighted by atomic mass is 35.5. The third kappa shape index (κ3) is 2.94. The summed E-state index contributed by atoms with van der Waals surface area (Å²) in [5, 5.41) is 24.1. The van der Waals surface area contributed by atoms with Gasteiger partial charge >= 0.3 is 0 Å². The van der Waals surface area contributed by atoms with E-state index in [9.17, 15) is 5.11 Å². The van der Waals surface area contributed by atoms with Crippen LogP contribution in [0.15, 0.2) is 54.6 Å². The fourth-order valence-electron chi connectivity index (χ4n) is 2.81. The molecular formula is C19H14Cl2N4O. The summed E-state index contributed by atoms with van der Waals surface area (Å²) in [6.07, 6.45) is -0.794. The van der Waals surface area contributed by atoms with Crippen molar-refractivity contribution in [3.63, 3.8) is 0 Å². The van der Waals surface area contributed by atoms with E-state index in [0.717, 1.165) is 16.7 Å². The molecule has 4 aromatic rings. The SMILES string of the molecule is CC(O)c1nnc2cc(-c3ccc(Cl)cc3)c(-c3ccccc3Cl)nn12. The third-order valence-corrected chi connectivity index (χ3v) is 4.66. The predicted octanol–water partition coefficient (Wildman–Crippen LogP) is 4.82. The van der Waals surface area contributed by atoms with Crippen LogP contribution in [-0.2, 0) is 0 Å². The molecule has 130 valence electrons. The first-order chi connectivity index (χ1) is 12.5. The van der Waals surface area contributed by atoms with Gasteiger partial charge in [0.25, 0.3) is 0 Å². The number of hydrogen-bond acceptors (Lipinski definition) is 4. The van der Waals surface area contributed by atoms with Crippen molar-refractivity contribution in [3.05, 3.63) is 70.5 Å². The van der Waals surface area contributed by atoms with Crippen LogP contribution in [-0.4, -0.2) is 24.9 Å². The summed E-state index contributed by atoms with van der Waals surface area (Å²) in [6.45, 7) is 1.63. The van der Waals surface area contributed by atoms with E-state index in [-0.39, 0.29) is 0 Å². The van der Waals surface area contributed by atoms with E-state index in [2.05, 4.69) is 10.2 Å². The summed E-state index contributed by atoms with van der Waals surface area (Å²) in [5.74, 6) is 0.371. The average molecular weight is 385 g/mol. The lowest BCUT2D eigenvalue weighted by Crippen LogP contribution is -2.05. The Balaban J connectivity index is 2.04. The molecule has 0 saturated heterocycles. The van der Waals surface area contributed by atoms with Crippen molar-refractivity contribution in [2.24, 2.45) is 0 Å². The largest absolute Gasteiger partial charge is 0.385 e. The molecule has 0 spiro atoms. The number of nitrogens with zero attached hydrogens (tertiary/aromatic N) is 4. The zero-order valence-electron chi connectivity index (χ0n) is 13.8. The lowest BCUT2D eigenvalue weighted by Gasteiger charge is -2.12. The van der Waals surface area contributed by atoms with Gasteiger partial charge in [0.15, 0.2) is 11.5 Å². The van der Waals surface area contributed by atoms with Gasteiger partial charge in [0.2, 0.25) is 0 Å². The number of aliphatic hydroxyl groups is 1. The van der Waals surface area contributed by atoms with Gasteiger partial charge in [-0.2, -0.15) is 9.61 Å². The Labute approximate surface area is 159 Å². The van der Waals surface area contributed by atoms with Crippen molar-refractivity contribution in [3.8, 4) is 22.4 Å². The van der Waals surface area contributed by atoms with E-state index in [0.29, 0.717) is 27.2 Å². The number of aliphatic hydroxyl groups excluding tert-OH is 1. The second kappa shape index (κ2) is 6.68. The Morgan fingerprint density at radius 2 is 1.69 bits per heavy atom. The standard InChI is InChI=1S/C19H14Cl2N4O/c1-11(26)19-23-22-17-10-15(12-6-8-13(20)9-7-12)18(24-25(17)19)14-4-2-3-5-16(14)21/h2-11,26H,1H3. The van der Waals surface area contributed by atoms with Gasteiger partial charge in [0.1, 0.15) is 11.8 Å². The predicted molar refractivity (Wildman–Crippen MR) is 102 cm³/mol. The van der Waals surface area contributed by atoms with Gasteiger partial charge in [-0.15, -0.1) is 10.2 Å². The van der Waals surface area contributed by atoms with Crippen molar-refractivity contribution in [2.45, 2.75) is 13.0 Å². The second-order valence-corrected chi connectivity index (χ2v) is 6.74. The second-order valence-electron chi connectivity index (χ2n) is 5.90. The zero-order chi connectivity index (χ0) is 18.3. The number of benzene rings is 2. The number of hydrogen-bond donors (Lipinski definition) is 1. The van der Waals surface area contributed by atoms with Gasteiger partial charge in [-0.1, -0.05) is 53.5 Å². The molecule has 0 radical (unpaired) electrons. The summed E-state index contributed by atoms with van der Waals surface area (Å²) in [6, 6.07) is 16.9. The van der Waals surface area contributed by atoms with E-state index in [1.54, 1.807) is 11.4 Å². The normalized spacial score (nSPS) is 12.5. The molecule has 0 aliphatic carbocycles. The Morgan fingerprint density at radius 1 is 0.962 bits per heavy atom. The Hall–Kier alpha value is -2.47. The van der Waals surface area contributed by atoms with Crippen LogP contribution in [0.1, 0.15) is 18.9 Å². The van der Waals surface area contributed by atoms with Gasteiger partial charge in [-0.05, 0) is 36.8 Å². The number of halogens is 2. The van der Waals surface area contributed by atoms with Gasteiger partial charge in [-0.3, -0.25) is 0 Å². The van der Waals surface area contributed by atoms with Gasteiger partial charge in [-0.25, -0.2) is 0 Å². The van der Waals surface area contributed by atoms with Gasteiger partial charge in [0.05, 0.1) is 5.02 Å². The molecule has 1 atom stereocenters. The van der Waals surface area contributed by atoms with E-state index in [1.165, 1.54) is 0 Å². The van der Waals surface area contributed by atoms with Gasteiger partial charge in [0, 0.05) is 16.1 Å². The quantitative estimate of drug-likeness (QED) is 0.549. The third-order valence-electron chi connectivity index (χ3n) is 4.08. The van der Waals surface area contributed by atoms with E-state index >= 15 is 0 Å². The maximum absolute atomic E-state index is 9.94. The van der Waals surface area contributed by atoms with Crippen molar-refractivity contribution < 1.29 is 5.11 Å². The maximum atomic E-state index is 9.94. The van der Waals surface area contributed by atoms with Crippen molar-refractivity contribution in [2.75, 3.05) is 0 Å². The van der Waals surface area contributed by atoms with Gasteiger partial charge < -0.3 is 5.11 Å². The fourth-order valence-corrected chi connectivity index (χ4v) is 3.16. The topological polar surface area (TPSA) is 63.3 Å². The smallest absolute Gasteiger partial charge is 0.183 e. The molecule has 0 aliphatic heterocycles. The molecule has 0 amide bonds. The summed E-state index contributed by atoms with van der Waals surface area (Å²) in [5.41, 5.74) is 3.78. The molecule has 26 heavy (non-hydrogen) atoms. The highest BCUT2D eigenvalue weighted by Crippen LogP contribution is 2.35. The van der Waals surface area contributed by atoms with Crippen LogP contribution in [0.2, 0.25) is 10.0 Å². The van der Waals surface area contributed by atoms with Crippen molar-refractivity contribution >= 4 is 28.8 Å². The van der Waals surface area contributed by atoms with Crippen LogP contribution < -0.4 is 0 Å². The minimum atomic E-state index is -0.794. The highest BCUT2D eigenvalue weighted by molar-refractivity contribution is 6.33. The van der Waals surface area contributed by atoms with Crippen LogP contribution in [0.4, 0.5) is 0 Å². The van der Waals surface area contributed by atoms with Crippen LogP contribution in [0.3, 0.4) is 0 Å². The first kappa shape index (κ1) is 17.0. The van der Waals surface area contributed by atoms with Crippen LogP contribution in [0, 0.1) is 0 Å². The minimum absolute atomic E-state index is 0.371. The monoisotopic (exact) mass is 384 g/mol. The molecule has 0 fully saturated rings. The minimum Gasteiger partial charge on any atom is -0.385 e. The Kier molecular flexibility index (Phi) is 4.36. The molecule has 1 unspecified atom stereocenters. The molecule has 5 nitrogen and oxygen atoms in total. The zero-order valence-corrected chi connectivity index (χ0v) is 15.3. The molecule has 2 heterocycles. The summed E-state index contributed by atoms with van der Waals surface area (Å²) in [4.78, 5) is 0. The lowest BCUT2D eigenvalue weighted by atomic mass is 10.00.